The van der Waals surface area contributed by atoms with Crippen molar-refractivity contribution < 1.29 is 0 Å². The van der Waals surface area contributed by atoms with Crippen LogP contribution in [0.3, 0.4) is 0 Å². The van der Waals surface area contributed by atoms with Crippen molar-refractivity contribution in [2.75, 3.05) is 26.2 Å². The monoisotopic (exact) mass is 195 g/mol. The number of piperazine rings is 1. The Bertz CT molecular complexity index is 217. The van der Waals surface area contributed by atoms with Gasteiger partial charge < -0.3 is 5.32 Å². The van der Waals surface area contributed by atoms with Crippen molar-refractivity contribution in [3.8, 4) is 6.07 Å². The molecule has 0 saturated carbocycles. The first-order chi connectivity index (χ1) is 6.55. The first-order valence-electron chi connectivity index (χ1n) is 5.41. The second kappa shape index (κ2) is 4.77. The average Bonchev–Trinajstić information content (AvgIpc) is 2.17. The summed E-state index contributed by atoms with van der Waals surface area (Å²) in [6.45, 7) is 10.6. The molecule has 0 aromatic rings. The van der Waals surface area contributed by atoms with Gasteiger partial charge in [-0.2, -0.15) is 5.26 Å². The Morgan fingerprint density at radius 2 is 2.29 bits per heavy atom. The predicted octanol–water partition coefficient (Wildman–Crippen LogP) is 1.22. The third-order valence-electron chi connectivity index (χ3n) is 2.97. The van der Waals surface area contributed by atoms with Crippen molar-refractivity contribution in [2.24, 2.45) is 5.41 Å². The Labute approximate surface area is 87.1 Å². The van der Waals surface area contributed by atoms with Crippen LogP contribution in [-0.4, -0.2) is 37.1 Å². The van der Waals surface area contributed by atoms with Gasteiger partial charge >= 0.3 is 0 Å². The molecule has 1 saturated heterocycles. The Morgan fingerprint density at radius 1 is 1.57 bits per heavy atom. The van der Waals surface area contributed by atoms with Crippen LogP contribution in [0.1, 0.15) is 27.2 Å². The summed E-state index contributed by atoms with van der Waals surface area (Å²) in [4.78, 5) is 2.47. The maximum atomic E-state index is 8.91. The van der Waals surface area contributed by atoms with Gasteiger partial charge in [0.2, 0.25) is 0 Å². The summed E-state index contributed by atoms with van der Waals surface area (Å²) in [5, 5.41) is 12.3. The zero-order valence-electron chi connectivity index (χ0n) is 9.51. The Balaban J connectivity index is 2.33. The molecule has 0 aromatic heterocycles. The van der Waals surface area contributed by atoms with Crippen molar-refractivity contribution in [3.63, 3.8) is 0 Å². The van der Waals surface area contributed by atoms with E-state index in [-0.39, 0.29) is 5.41 Å². The van der Waals surface area contributed by atoms with Crippen molar-refractivity contribution in [1.82, 2.24) is 10.2 Å². The fourth-order valence-electron chi connectivity index (χ4n) is 1.69. The lowest BCUT2D eigenvalue weighted by atomic mass is 9.91. The quantitative estimate of drug-likeness (QED) is 0.736. The van der Waals surface area contributed by atoms with E-state index in [1.54, 1.807) is 0 Å². The summed E-state index contributed by atoms with van der Waals surface area (Å²) >= 11 is 0. The van der Waals surface area contributed by atoms with Crippen LogP contribution < -0.4 is 5.32 Å². The largest absolute Gasteiger partial charge is 0.314 e. The van der Waals surface area contributed by atoms with Gasteiger partial charge in [0.05, 0.1) is 11.5 Å². The molecule has 0 bridgehead atoms. The molecule has 0 spiro atoms. The molecule has 1 heterocycles. The van der Waals surface area contributed by atoms with Gasteiger partial charge in [0, 0.05) is 32.2 Å². The van der Waals surface area contributed by atoms with E-state index in [4.69, 9.17) is 5.26 Å². The summed E-state index contributed by atoms with van der Waals surface area (Å²) in [5.41, 5.74) is -0.176. The van der Waals surface area contributed by atoms with Crippen LogP contribution in [0, 0.1) is 16.7 Å². The van der Waals surface area contributed by atoms with E-state index in [9.17, 15) is 0 Å². The van der Waals surface area contributed by atoms with E-state index in [2.05, 4.69) is 23.2 Å². The van der Waals surface area contributed by atoms with Crippen LogP contribution >= 0.6 is 0 Å². The van der Waals surface area contributed by atoms with Gasteiger partial charge in [0.25, 0.3) is 0 Å². The van der Waals surface area contributed by atoms with E-state index in [0.717, 1.165) is 32.6 Å². The number of rotatable bonds is 3. The number of hydrogen-bond acceptors (Lipinski definition) is 3. The van der Waals surface area contributed by atoms with Crippen LogP contribution in [0.4, 0.5) is 0 Å². The van der Waals surface area contributed by atoms with Crippen LogP contribution in [0.2, 0.25) is 0 Å². The molecule has 1 atom stereocenters. The van der Waals surface area contributed by atoms with Crippen molar-refractivity contribution >= 4 is 0 Å². The van der Waals surface area contributed by atoms with Crippen LogP contribution in [0.25, 0.3) is 0 Å². The van der Waals surface area contributed by atoms with Crippen molar-refractivity contribution in [1.29, 1.82) is 5.26 Å². The molecule has 0 aliphatic carbocycles. The van der Waals surface area contributed by atoms with Gasteiger partial charge in [-0.1, -0.05) is 0 Å². The molecule has 1 aliphatic rings. The highest BCUT2D eigenvalue weighted by Gasteiger charge is 2.22. The second-order valence-corrected chi connectivity index (χ2v) is 4.83. The summed E-state index contributed by atoms with van der Waals surface area (Å²) in [5.74, 6) is 0. The zero-order valence-corrected chi connectivity index (χ0v) is 9.51. The highest BCUT2D eigenvalue weighted by Crippen LogP contribution is 2.19. The summed E-state index contributed by atoms with van der Waals surface area (Å²) in [6.07, 6.45) is 0.966. The highest BCUT2D eigenvalue weighted by atomic mass is 15.2. The zero-order chi connectivity index (χ0) is 10.6. The van der Waals surface area contributed by atoms with Crippen LogP contribution in [-0.2, 0) is 0 Å². The Kier molecular flexibility index (Phi) is 3.91. The Morgan fingerprint density at radius 3 is 2.86 bits per heavy atom. The van der Waals surface area contributed by atoms with E-state index < -0.39 is 0 Å². The topological polar surface area (TPSA) is 39.1 Å². The number of hydrogen-bond donors (Lipinski definition) is 1. The van der Waals surface area contributed by atoms with Crippen molar-refractivity contribution in [3.05, 3.63) is 0 Å². The fourth-order valence-corrected chi connectivity index (χ4v) is 1.69. The number of nitriles is 1. The van der Waals surface area contributed by atoms with Gasteiger partial charge in [-0.25, -0.2) is 0 Å². The number of nitrogens with one attached hydrogen (secondary N) is 1. The normalized spacial score (nSPS) is 24.6. The molecule has 80 valence electrons. The lowest BCUT2D eigenvalue weighted by Crippen LogP contribution is -2.50. The molecule has 0 unspecified atom stereocenters. The van der Waals surface area contributed by atoms with E-state index >= 15 is 0 Å². The molecule has 1 rings (SSSR count). The highest BCUT2D eigenvalue weighted by molar-refractivity contribution is 4.92. The first-order valence-corrected chi connectivity index (χ1v) is 5.41. The first kappa shape index (κ1) is 11.5. The van der Waals surface area contributed by atoms with E-state index in [0.29, 0.717) is 6.04 Å². The van der Waals surface area contributed by atoms with Crippen LogP contribution in [0.5, 0.6) is 0 Å². The van der Waals surface area contributed by atoms with Gasteiger partial charge in [-0.3, -0.25) is 4.90 Å². The van der Waals surface area contributed by atoms with Gasteiger partial charge in [0.15, 0.2) is 0 Å². The van der Waals surface area contributed by atoms with Gasteiger partial charge in [0.1, 0.15) is 0 Å². The second-order valence-electron chi connectivity index (χ2n) is 4.83. The Hall–Kier alpha value is -0.590. The van der Waals surface area contributed by atoms with Gasteiger partial charge in [-0.05, 0) is 27.2 Å². The maximum absolute atomic E-state index is 8.91. The minimum atomic E-state index is -0.176. The van der Waals surface area contributed by atoms with Crippen molar-refractivity contribution in [2.45, 2.75) is 33.2 Å². The molecule has 3 heteroatoms. The predicted molar refractivity (Wildman–Crippen MR) is 57.9 cm³/mol. The fraction of sp³-hybridized carbons (Fsp3) is 0.909. The smallest absolute Gasteiger partial charge is 0.0684 e. The minimum Gasteiger partial charge on any atom is -0.314 e. The lowest BCUT2D eigenvalue weighted by molar-refractivity contribution is 0.158. The molecule has 0 aromatic carbocycles. The molecular weight excluding hydrogens is 174 g/mol. The number of nitrogens with zero attached hydrogens (tertiary/aromatic N) is 2. The average molecular weight is 195 g/mol. The summed E-state index contributed by atoms with van der Waals surface area (Å²) < 4.78 is 0. The third kappa shape index (κ3) is 3.28. The molecular formula is C11H21N3. The molecule has 0 amide bonds. The lowest BCUT2D eigenvalue weighted by Gasteiger charge is -2.35. The minimum absolute atomic E-state index is 0.176. The van der Waals surface area contributed by atoms with E-state index in [1.165, 1.54) is 0 Å². The standard InChI is InChI=1S/C11H21N3/c1-10-8-13-5-7-14(10)6-4-11(2,3)9-12/h10,13H,4-8H2,1-3H3/t10-/m0/s1. The summed E-state index contributed by atoms with van der Waals surface area (Å²) in [6, 6.07) is 2.96. The van der Waals surface area contributed by atoms with E-state index in [1.807, 2.05) is 13.8 Å². The van der Waals surface area contributed by atoms with Crippen LogP contribution in [0.15, 0.2) is 0 Å². The molecule has 3 nitrogen and oxygen atoms in total. The molecule has 1 fully saturated rings. The third-order valence-corrected chi connectivity index (χ3v) is 2.97. The SMILES string of the molecule is C[C@H]1CNCCN1CCC(C)(C)C#N. The molecule has 0 radical (unpaired) electrons. The maximum Gasteiger partial charge on any atom is 0.0684 e. The molecule has 1 aliphatic heterocycles. The molecule has 14 heavy (non-hydrogen) atoms. The summed E-state index contributed by atoms with van der Waals surface area (Å²) in [7, 11) is 0. The van der Waals surface area contributed by atoms with Gasteiger partial charge in [-0.15, -0.1) is 0 Å². The molecule has 1 N–H and O–H groups in total.